The zero-order chi connectivity index (χ0) is 19.2. The topological polar surface area (TPSA) is 90.0 Å². The summed E-state index contributed by atoms with van der Waals surface area (Å²) in [6.45, 7) is 0.239. The molecule has 2 aliphatic rings. The zero-order valence-corrected chi connectivity index (χ0v) is 15.4. The standard InChI is InChI=1S/C19H17NO6S/c1-25-17(21)14-7-8-16-15(9-14)20(10-13-5-3-2-4-6-13)18(22)19(26-16)11-27(23,24)12-19/h2-9H,10-12H2,1H3. The molecule has 2 heterocycles. The van der Waals surface area contributed by atoms with Crippen LogP contribution in [0.1, 0.15) is 15.9 Å². The Morgan fingerprint density at radius 1 is 1.19 bits per heavy atom. The van der Waals surface area contributed by atoms with E-state index in [1.165, 1.54) is 24.1 Å². The second-order valence-electron chi connectivity index (χ2n) is 6.68. The predicted octanol–water partition coefficient (Wildman–Crippen LogP) is 1.57. The number of hydrogen-bond acceptors (Lipinski definition) is 6. The third-order valence-electron chi connectivity index (χ3n) is 4.70. The van der Waals surface area contributed by atoms with Crippen molar-refractivity contribution in [2.75, 3.05) is 23.5 Å². The number of anilines is 1. The Labute approximate surface area is 156 Å². The molecule has 2 aliphatic heterocycles. The summed E-state index contributed by atoms with van der Waals surface area (Å²) in [7, 11) is -2.02. The number of amides is 1. The van der Waals surface area contributed by atoms with Gasteiger partial charge in [0.1, 0.15) is 17.3 Å². The normalized spacial score (nSPS) is 19.0. The number of hydrogen-bond donors (Lipinski definition) is 0. The van der Waals surface area contributed by atoms with Gasteiger partial charge in [-0.3, -0.25) is 4.79 Å². The number of carbonyl (C=O) groups is 2. The van der Waals surface area contributed by atoms with Crippen molar-refractivity contribution < 1.29 is 27.5 Å². The minimum Gasteiger partial charge on any atom is -0.473 e. The summed E-state index contributed by atoms with van der Waals surface area (Å²) < 4.78 is 34.1. The Hall–Kier alpha value is -2.87. The van der Waals surface area contributed by atoms with Gasteiger partial charge in [0, 0.05) is 0 Å². The number of methoxy groups -OCH3 is 1. The van der Waals surface area contributed by atoms with E-state index in [9.17, 15) is 18.0 Å². The maximum atomic E-state index is 13.2. The first-order valence-electron chi connectivity index (χ1n) is 8.31. The predicted molar refractivity (Wildman–Crippen MR) is 97.4 cm³/mol. The van der Waals surface area contributed by atoms with Crippen LogP contribution in [0.5, 0.6) is 5.75 Å². The third kappa shape index (κ3) is 2.95. The van der Waals surface area contributed by atoms with E-state index in [2.05, 4.69) is 0 Å². The quantitative estimate of drug-likeness (QED) is 0.743. The smallest absolute Gasteiger partial charge is 0.337 e. The summed E-state index contributed by atoms with van der Waals surface area (Å²) in [5.41, 5.74) is 0.178. The van der Waals surface area contributed by atoms with Gasteiger partial charge in [0.25, 0.3) is 5.91 Å². The van der Waals surface area contributed by atoms with Crippen molar-refractivity contribution in [3.63, 3.8) is 0 Å². The molecule has 0 atom stereocenters. The molecule has 1 saturated heterocycles. The van der Waals surface area contributed by atoms with Crippen LogP contribution in [0, 0.1) is 0 Å². The molecule has 2 aromatic rings. The summed E-state index contributed by atoms with van der Waals surface area (Å²) in [6.07, 6.45) is 0. The van der Waals surface area contributed by atoms with E-state index in [1.807, 2.05) is 30.3 Å². The van der Waals surface area contributed by atoms with E-state index in [1.54, 1.807) is 6.07 Å². The van der Waals surface area contributed by atoms with Crippen molar-refractivity contribution in [2.24, 2.45) is 0 Å². The first-order valence-corrected chi connectivity index (χ1v) is 10.1. The summed E-state index contributed by atoms with van der Waals surface area (Å²) in [5.74, 6) is -1.27. The fraction of sp³-hybridized carbons (Fsp3) is 0.263. The van der Waals surface area contributed by atoms with Crippen LogP contribution in [-0.4, -0.2) is 44.5 Å². The Kier molecular flexibility index (Phi) is 3.96. The van der Waals surface area contributed by atoms with Crippen LogP contribution < -0.4 is 9.64 Å². The highest BCUT2D eigenvalue weighted by atomic mass is 32.2. The Morgan fingerprint density at radius 3 is 2.52 bits per heavy atom. The number of esters is 1. The van der Waals surface area contributed by atoms with Crippen molar-refractivity contribution in [1.82, 2.24) is 0 Å². The molecular weight excluding hydrogens is 370 g/mol. The lowest BCUT2D eigenvalue weighted by atomic mass is 10.0. The van der Waals surface area contributed by atoms with Gasteiger partial charge < -0.3 is 14.4 Å². The second kappa shape index (κ2) is 6.09. The van der Waals surface area contributed by atoms with Crippen LogP contribution in [0.4, 0.5) is 5.69 Å². The number of rotatable bonds is 3. The van der Waals surface area contributed by atoms with E-state index < -0.39 is 27.3 Å². The van der Waals surface area contributed by atoms with Gasteiger partial charge in [-0.1, -0.05) is 30.3 Å². The number of sulfone groups is 1. The maximum absolute atomic E-state index is 13.2. The highest BCUT2D eigenvalue weighted by Gasteiger charge is 2.60. The van der Waals surface area contributed by atoms with Gasteiger partial charge in [0.15, 0.2) is 9.84 Å². The van der Waals surface area contributed by atoms with Crippen LogP contribution in [0.25, 0.3) is 0 Å². The van der Waals surface area contributed by atoms with Crippen LogP contribution in [0.15, 0.2) is 48.5 Å². The number of ether oxygens (including phenoxy) is 2. The van der Waals surface area contributed by atoms with Crippen LogP contribution in [0.3, 0.4) is 0 Å². The lowest BCUT2D eigenvalue weighted by Crippen LogP contribution is -2.69. The van der Waals surface area contributed by atoms with Crippen molar-refractivity contribution in [2.45, 2.75) is 12.1 Å². The van der Waals surface area contributed by atoms with E-state index in [4.69, 9.17) is 9.47 Å². The summed E-state index contributed by atoms with van der Waals surface area (Å²) in [6, 6.07) is 14.0. The van der Waals surface area contributed by atoms with Crippen molar-refractivity contribution in [1.29, 1.82) is 0 Å². The van der Waals surface area contributed by atoms with Crippen molar-refractivity contribution in [3.8, 4) is 5.75 Å². The highest BCUT2D eigenvalue weighted by molar-refractivity contribution is 7.93. The van der Waals surface area contributed by atoms with E-state index in [-0.39, 0.29) is 23.6 Å². The monoisotopic (exact) mass is 387 g/mol. The number of nitrogens with zero attached hydrogens (tertiary/aromatic N) is 1. The molecule has 2 aromatic carbocycles. The van der Waals surface area contributed by atoms with Gasteiger partial charge >= 0.3 is 5.97 Å². The molecule has 0 unspecified atom stereocenters. The van der Waals surface area contributed by atoms with E-state index in [0.717, 1.165) is 5.56 Å². The molecule has 1 fully saturated rings. The summed E-state index contributed by atoms with van der Waals surface area (Å²) >= 11 is 0. The number of fused-ring (bicyclic) bond motifs is 1. The fourth-order valence-corrected chi connectivity index (χ4v) is 5.14. The first-order chi connectivity index (χ1) is 12.8. The lowest BCUT2D eigenvalue weighted by molar-refractivity contribution is -0.133. The number of benzene rings is 2. The second-order valence-corrected chi connectivity index (χ2v) is 8.74. The average Bonchev–Trinajstić information content (AvgIpc) is 2.63. The van der Waals surface area contributed by atoms with Gasteiger partial charge in [-0.05, 0) is 23.8 Å². The SMILES string of the molecule is COC(=O)c1ccc2c(c1)N(Cc1ccccc1)C(=O)C1(CS(=O)(=O)C1)O2. The molecule has 8 heteroatoms. The van der Waals surface area contributed by atoms with Gasteiger partial charge in [-0.15, -0.1) is 0 Å². The molecule has 27 heavy (non-hydrogen) atoms. The molecule has 4 rings (SSSR count). The molecule has 0 N–H and O–H groups in total. The molecule has 140 valence electrons. The van der Waals surface area contributed by atoms with Crippen LogP contribution in [-0.2, 0) is 25.9 Å². The third-order valence-corrected chi connectivity index (χ3v) is 6.51. The molecule has 1 spiro atoms. The van der Waals surface area contributed by atoms with Crippen molar-refractivity contribution >= 4 is 27.4 Å². The van der Waals surface area contributed by atoms with Gasteiger partial charge in [0.2, 0.25) is 5.60 Å². The highest BCUT2D eigenvalue weighted by Crippen LogP contribution is 2.43. The lowest BCUT2D eigenvalue weighted by Gasteiger charge is -2.46. The molecule has 0 aliphatic carbocycles. The minimum atomic E-state index is -3.29. The van der Waals surface area contributed by atoms with Gasteiger partial charge in [-0.2, -0.15) is 0 Å². The Balaban J connectivity index is 1.79. The molecule has 0 aromatic heterocycles. The summed E-state index contributed by atoms with van der Waals surface area (Å²) in [5, 5.41) is 0. The van der Waals surface area contributed by atoms with Gasteiger partial charge in [-0.25, -0.2) is 13.2 Å². The Morgan fingerprint density at radius 2 is 1.89 bits per heavy atom. The number of carbonyl (C=O) groups excluding carboxylic acids is 2. The zero-order valence-electron chi connectivity index (χ0n) is 14.5. The van der Waals surface area contributed by atoms with Gasteiger partial charge in [0.05, 0.1) is 24.9 Å². The molecule has 7 nitrogen and oxygen atoms in total. The maximum Gasteiger partial charge on any atom is 0.337 e. The fourth-order valence-electron chi connectivity index (χ4n) is 3.44. The van der Waals surface area contributed by atoms with Crippen LogP contribution in [0.2, 0.25) is 0 Å². The van der Waals surface area contributed by atoms with Crippen LogP contribution >= 0.6 is 0 Å². The van der Waals surface area contributed by atoms with Crippen molar-refractivity contribution in [3.05, 3.63) is 59.7 Å². The molecular formula is C19H17NO6S. The van der Waals surface area contributed by atoms with E-state index in [0.29, 0.717) is 11.4 Å². The first kappa shape index (κ1) is 17.5. The molecule has 0 radical (unpaired) electrons. The molecule has 0 bridgehead atoms. The minimum absolute atomic E-state index is 0.239. The van der Waals surface area contributed by atoms with E-state index >= 15 is 0 Å². The molecule has 1 amide bonds. The summed E-state index contributed by atoms with van der Waals surface area (Å²) in [4.78, 5) is 26.5. The Bertz CT molecular complexity index is 1020. The largest absolute Gasteiger partial charge is 0.473 e. The molecule has 0 saturated carbocycles. The average molecular weight is 387 g/mol.